The Morgan fingerprint density at radius 1 is 0.905 bits per heavy atom. The summed E-state index contributed by atoms with van der Waals surface area (Å²) in [6, 6.07) is 15.3. The van der Waals surface area contributed by atoms with Gasteiger partial charge in [0.25, 0.3) is 0 Å². The second-order valence-corrected chi connectivity index (χ2v) is 5.43. The van der Waals surface area contributed by atoms with Gasteiger partial charge in [0.15, 0.2) is 0 Å². The van der Waals surface area contributed by atoms with E-state index in [-0.39, 0.29) is 5.82 Å². The maximum Gasteiger partial charge on any atom is 0.148 e. The highest BCUT2D eigenvalue weighted by Crippen LogP contribution is 2.27. The quantitative estimate of drug-likeness (QED) is 0.880. The minimum Gasteiger partial charge on any atom is -0.397 e. The number of rotatable bonds is 3. The molecule has 0 atom stereocenters. The van der Waals surface area contributed by atoms with Gasteiger partial charge in [0.1, 0.15) is 5.82 Å². The highest BCUT2D eigenvalue weighted by atomic mass is 19.1. The molecular formula is C17H20FN3. The standard InChI is InChI=1S/C17H20FN3/c18-15-7-4-8-16(19)17(15)21-11-9-20(10-12-21)13-14-5-2-1-3-6-14/h1-8H,9-13,19H2. The molecule has 1 aliphatic rings. The average molecular weight is 285 g/mol. The van der Waals surface area contributed by atoms with Gasteiger partial charge in [-0.3, -0.25) is 4.90 Å². The molecule has 0 radical (unpaired) electrons. The number of benzene rings is 2. The van der Waals surface area contributed by atoms with Crippen LogP contribution in [0.1, 0.15) is 5.56 Å². The zero-order chi connectivity index (χ0) is 14.7. The molecule has 0 aromatic heterocycles. The summed E-state index contributed by atoms with van der Waals surface area (Å²) >= 11 is 0. The molecule has 2 aromatic rings. The number of hydrogen-bond acceptors (Lipinski definition) is 3. The molecule has 110 valence electrons. The predicted molar refractivity (Wildman–Crippen MR) is 84.7 cm³/mol. The molecule has 2 aromatic carbocycles. The smallest absolute Gasteiger partial charge is 0.148 e. The first-order chi connectivity index (χ1) is 10.2. The summed E-state index contributed by atoms with van der Waals surface area (Å²) in [6.45, 7) is 4.39. The molecule has 3 rings (SSSR count). The van der Waals surface area contributed by atoms with Gasteiger partial charge in [0, 0.05) is 32.7 Å². The zero-order valence-corrected chi connectivity index (χ0v) is 12.0. The molecule has 21 heavy (non-hydrogen) atoms. The third kappa shape index (κ3) is 3.16. The molecule has 1 aliphatic heterocycles. The Kier molecular flexibility index (Phi) is 4.06. The third-order valence-corrected chi connectivity index (χ3v) is 3.96. The van der Waals surface area contributed by atoms with Gasteiger partial charge in [0.05, 0.1) is 11.4 Å². The van der Waals surface area contributed by atoms with Crippen molar-refractivity contribution < 1.29 is 4.39 Å². The fourth-order valence-electron chi connectivity index (χ4n) is 2.84. The highest BCUT2D eigenvalue weighted by Gasteiger charge is 2.21. The Bertz CT molecular complexity index is 572. The summed E-state index contributed by atoms with van der Waals surface area (Å²) in [5.41, 5.74) is 8.30. The first-order valence-corrected chi connectivity index (χ1v) is 7.29. The van der Waals surface area contributed by atoms with E-state index < -0.39 is 0 Å². The molecule has 3 nitrogen and oxygen atoms in total. The van der Waals surface area contributed by atoms with Gasteiger partial charge in [-0.15, -0.1) is 0 Å². The maximum atomic E-state index is 13.9. The number of hydrogen-bond donors (Lipinski definition) is 1. The van der Waals surface area contributed by atoms with Gasteiger partial charge >= 0.3 is 0 Å². The Balaban J connectivity index is 1.63. The van der Waals surface area contributed by atoms with Crippen molar-refractivity contribution in [2.24, 2.45) is 0 Å². The molecule has 0 aliphatic carbocycles. The van der Waals surface area contributed by atoms with Crippen LogP contribution in [0.25, 0.3) is 0 Å². The van der Waals surface area contributed by atoms with E-state index in [0.29, 0.717) is 11.4 Å². The Morgan fingerprint density at radius 2 is 1.62 bits per heavy atom. The van der Waals surface area contributed by atoms with E-state index in [9.17, 15) is 4.39 Å². The van der Waals surface area contributed by atoms with Gasteiger partial charge in [-0.2, -0.15) is 0 Å². The number of para-hydroxylation sites is 1. The monoisotopic (exact) mass is 285 g/mol. The second-order valence-electron chi connectivity index (χ2n) is 5.43. The van der Waals surface area contributed by atoms with Crippen LogP contribution >= 0.6 is 0 Å². The molecule has 2 N–H and O–H groups in total. The van der Waals surface area contributed by atoms with Crippen LogP contribution in [0.2, 0.25) is 0 Å². The van der Waals surface area contributed by atoms with E-state index in [1.54, 1.807) is 12.1 Å². The lowest BCUT2D eigenvalue weighted by Crippen LogP contribution is -2.46. The van der Waals surface area contributed by atoms with Crippen LogP contribution in [-0.4, -0.2) is 31.1 Å². The Morgan fingerprint density at radius 3 is 2.29 bits per heavy atom. The van der Waals surface area contributed by atoms with Crippen molar-refractivity contribution in [3.05, 3.63) is 59.9 Å². The normalized spacial score (nSPS) is 16.1. The average Bonchev–Trinajstić information content (AvgIpc) is 2.50. The summed E-state index contributed by atoms with van der Waals surface area (Å²) < 4.78 is 13.9. The van der Waals surface area contributed by atoms with E-state index >= 15 is 0 Å². The van der Waals surface area contributed by atoms with Gasteiger partial charge in [-0.1, -0.05) is 36.4 Å². The van der Waals surface area contributed by atoms with Crippen molar-refractivity contribution in [2.75, 3.05) is 36.8 Å². The minimum absolute atomic E-state index is 0.230. The second kappa shape index (κ2) is 6.14. The van der Waals surface area contributed by atoms with E-state index in [4.69, 9.17) is 5.73 Å². The van der Waals surface area contributed by atoms with E-state index in [2.05, 4.69) is 29.2 Å². The lowest BCUT2D eigenvalue weighted by Gasteiger charge is -2.36. The van der Waals surface area contributed by atoms with E-state index in [0.717, 1.165) is 32.7 Å². The van der Waals surface area contributed by atoms with Crippen molar-refractivity contribution in [2.45, 2.75) is 6.54 Å². The Labute approximate surface area is 124 Å². The predicted octanol–water partition coefficient (Wildman–Crippen LogP) is 2.73. The topological polar surface area (TPSA) is 32.5 Å². The molecule has 1 saturated heterocycles. The SMILES string of the molecule is Nc1cccc(F)c1N1CCN(Cc2ccccc2)CC1. The molecule has 0 bridgehead atoms. The third-order valence-electron chi connectivity index (χ3n) is 3.96. The fourth-order valence-corrected chi connectivity index (χ4v) is 2.84. The summed E-state index contributed by atoms with van der Waals surface area (Å²) in [5, 5.41) is 0. The van der Waals surface area contributed by atoms with Crippen molar-refractivity contribution in [1.82, 2.24) is 4.90 Å². The van der Waals surface area contributed by atoms with Crippen LogP contribution in [-0.2, 0) is 6.54 Å². The minimum atomic E-state index is -0.230. The van der Waals surface area contributed by atoms with Crippen molar-refractivity contribution in [3.63, 3.8) is 0 Å². The number of piperazine rings is 1. The number of nitrogen functional groups attached to an aromatic ring is 1. The zero-order valence-electron chi connectivity index (χ0n) is 12.0. The van der Waals surface area contributed by atoms with Crippen LogP contribution in [0.5, 0.6) is 0 Å². The van der Waals surface area contributed by atoms with Crippen molar-refractivity contribution in [1.29, 1.82) is 0 Å². The molecule has 0 saturated carbocycles. The molecule has 0 spiro atoms. The fraction of sp³-hybridized carbons (Fsp3) is 0.294. The van der Waals surface area contributed by atoms with Gasteiger partial charge in [-0.25, -0.2) is 4.39 Å². The molecule has 1 fully saturated rings. The number of halogens is 1. The first-order valence-electron chi connectivity index (χ1n) is 7.29. The number of nitrogens with two attached hydrogens (primary N) is 1. The molecule has 4 heteroatoms. The van der Waals surface area contributed by atoms with Crippen molar-refractivity contribution >= 4 is 11.4 Å². The molecule has 1 heterocycles. The summed E-state index contributed by atoms with van der Waals surface area (Å²) in [6.07, 6.45) is 0. The first kappa shape index (κ1) is 13.9. The summed E-state index contributed by atoms with van der Waals surface area (Å²) in [7, 11) is 0. The van der Waals surface area contributed by atoms with Gasteiger partial charge in [-0.05, 0) is 17.7 Å². The van der Waals surface area contributed by atoms with Crippen LogP contribution in [0.4, 0.5) is 15.8 Å². The van der Waals surface area contributed by atoms with Crippen LogP contribution < -0.4 is 10.6 Å². The van der Waals surface area contributed by atoms with Crippen LogP contribution in [0.15, 0.2) is 48.5 Å². The molecular weight excluding hydrogens is 265 g/mol. The van der Waals surface area contributed by atoms with Gasteiger partial charge in [0.2, 0.25) is 0 Å². The maximum absolute atomic E-state index is 13.9. The lowest BCUT2D eigenvalue weighted by molar-refractivity contribution is 0.249. The van der Waals surface area contributed by atoms with Crippen molar-refractivity contribution in [3.8, 4) is 0 Å². The summed E-state index contributed by atoms with van der Waals surface area (Å²) in [4.78, 5) is 4.44. The molecule has 0 unspecified atom stereocenters. The number of anilines is 2. The van der Waals surface area contributed by atoms with Crippen LogP contribution in [0.3, 0.4) is 0 Å². The van der Waals surface area contributed by atoms with E-state index in [1.165, 1.54) is 11.6 Å². The Hall–Kier alpha value is -2.07. The highest BCUT2D eigenvalue weighted by molar-refractivity contribution is 5.68. The largest absolute Gasteiger partial charge is 0.397 e. The lowest BCUT2D eigenvalue weighted by atomic mass is 10.1. The van der Waals surface area contributed by atoms with Gasteiger partial charge < -0.3 is 10.6 Å². The van der Waals surface area contributed by atoms with E-state index in [1.807, 2.05) is 11.0 Å². The van der Waals surface area contributed by atoms with Crippen LogP contribution in [0, 0.1) is 5.82 Å². The summed E-state index contributed by atoms with van der Waals surface area (Å²) in [5.74, 6) is -0.230. The number of nitrogens with zero attached hydrogens (tertiary/aromatic N) is 2. The molecule has 0 amide bonds.